The zero-order valence-corrected chi connectivity index (χ0v) is 13.6. The fraction of sp³-hybridized carbons (Fsp3) is 0.118. The molecule has 0 aliphatic heterocycles. The molecule has 1 amide bonds. The molecule has 0 fully saturated rings. The normalized spacial score (nSPS) is 10.3. The number of ketones is 1. The van der Waals surface area contributed by atoms with Crippen molar-refractivity contribution in [1.29, 1.82) is 0 Å². The molecular weight excluding hydrogens is 322 g/mol. The molecule has 1 heterocycles. The van der Waals surface area contributed by atoms with E-state index in [4.69, 9.17) is 4.74 Å². The second-order valence-corrected chi connectivity index (χ2v) is 5.23. The fourth-order valence-corrected chi connectivity index (χ4v) is 2.30. The van der Waals surface area contributed by atoms with Gasteiger partial charge in [-0.1, -0.05) is 12.1 Å². The standard InChI is InChI=1S/C17H15N5O3/c1-11(23)12-4-3-5-14(8-12)19-17(24)13-6-7-15(16(9-13)25-2)22-10-18-20-21-22/h3-10H,1-2H3,(H,19,24). The molecule has 0 bridgehead atoms. The van der Waals surface area contributed by atoms with E-state index < -0.39 is 0 Å². The molecule has 25 heavy (non-hydrogen) atoms. The van der Waals surface area contributed by atoms with Gasteiger partial charge in [-0.3, -0.25) is 9.59 Å². The van der Waals surface area contributed by atoms with Gasteiger partial charge in [0.2, 0.25) is 0 Å². The van der Waals surface area contributed by atoms with E-state index in [-0.39, 0.29) is 11.7 Å². The van der Waals surface area contributed by atoms with Crippen LogP contribution in [-0.2, 0) is 0 Å². The van der Waals surface area contributed by atoms with Gasteiger partial charge in [0.25, 0.3) is 5.91 Å². The number of tetrazole rings is 1. The Morgan fingerprint density at radius 2 is 1.96 bits per heavy atom. The SMILES string of the molecule is COc1cc(C(=O)Nc2cccc(C(C)=O)c2)ccc1-n1cnnn1. The summed E-state index contributed by atoms with van der Waals surface area (Å²) in [6, 6.07) is 11.7. The van der Waals surface area contributed by atoms with Gasteiger partial charge < -0.3 is 10.1 Å². The molecule has 3 rings (SSSR count). The van der Waals surface area contributed by atoms with Gasteiger partial charge in [-0.2, -0.15) is 4.68 Å². The van der Waals surface area contributed by atoms with E-state index in [1.54, 1.807) is 42.5 Å². The zero-order chi connectivity index (χ0) is 17.8. The highest BCUT2D eigenvalue weighted by molar-refractivity contribution is 6.05. The number of rotatable bonds is 5. The summed E-state index contributed by atoms with van der Waals surface area (Å²) in [5.41, 5.74) is 2.09. The van der Waals surface area contributed by atoms with E-state index >= 15 is 0 Å². The molecule has 1 N–H and O–H groups in total. The summed E-state index contributed by atoms with van der Waals surface area (Å²) in [5, 5.41) is 13.7. The maximum Gasteiger partial charge on any atom is 0.255 e. The predicted molar refractivity (Wildman–Crippen MR) is 90.1 cm³/mol. The number of hydrogen-bond donors (Lipinski definition) is 1. The second kappa shape index (κ2) is 6.91. The molecule has 3 aromatic rings. The molecule has 0 atom stereocenters. The lowest BCUT2D eigenvalue weighted by Gasteiger charge is -2.10. The van der Waals surface area contributed by atoms with Gasteiger partial charge in [0.15, 0.2) is 5.78 Å². The van der Waals surface area contributed by atoms with Gasteiger partial charge in [-0.05, 0) is 47.7 Å². The van der Waals surface area contributed by atoms with Crippen molar-refractivity contribution < 1.29 is 14.3 Å². The summed E-state index contributed by atoms with van der Waals surface area (Å²) in [4.78, 5) is 23.9. The Morgan fingerprint density at radius 3 is 2.64 bits per heavy atom. The van der Waals surface area contributed by atoms with Crippen LogP contribution in [-0.4, -0.2) is 39.0 Å². The monoisotopic (exact) mass is 337 g/mol. The minimum Gasteiger partial charge on any atom is -0.494 e. The number of nitrogens with zero attached hydrogens (tertiary/aromatic N) is 4. The highest BCUT2D eigenvalue weighted by atomic mass is 16.5. The minimum absolute atomic E-state index is 0.0661. The molecule has 0 radical (unpaired) electrons. The molecule has 0 saturated heterocycles. The van der Waals surface area contributed by atoms with Crippen molar-refractivity contribution in [2.75, 3.05) is 12.4 Å². The van der Waals surface area contributed by atoms with Crippen molar-refractivity contribution >= 4 is 17.4 Å². The average molecular weight is 337 g/mol. The van der Waals surface area contributed by atoms with Crippen LogP contribution in [0.25, 0.3) is 5.69 Å². The van der Waals surface area contributed by atoms with Gasteiger partial charge in [-0.15, -0.1) is 5.10 Å². The Balaban J connectivity index is 1.85. The molecule has 8 nitrogen and oxygen atoms in total. The summed E-state index contributed by atoms with van der Waals surface area (Å²) < 4.78 is 6.76. The van der Waals surface area contributed by atoms with Crippen LogP contribution in [0.2, 0.25) is 0 Å². The van der Waals surface area contributed by atoms with E-state index in [0.29, 0.717) is 28.3 Å². The van der Waals surface area contributed by atoms with Crippen molar-refractivity contribution in [3.05, 3.63) is 59.9 Å². The molecule has 1 aromatic heterocycles. The summed E-state index contributed by atoms with van der Waals surface area (Å²) in [7, 11) is 1.50. The molecule has 0 aliphatic carbocycles. The summed E-state index contributed by atoms with van der Waals surface area (Å²) >= 11 is 0. The van der Waals surface area contributed by atoms with Crippen LogP contribution in [0.3, 0.4) is 0 Å². The number of ether oxygens (including phenoxy) is 1. The quantitative estimate of drug-likeness (QED) is 0.716. The smallest absolute Gasteiger partial charge is 0.255 e. The fourth-order valence-electron chi connectivity index (χ4n) is 2.30. The highest BCUT2D eigenvalue weighted by Crippen LogP contribution is 2.24. The summed E-state index contributed by atoms with van der Waals surface area (Å²) in [6.07, 6.45) is 1.44. The van der Waals surface area contributed by atoms with Crippen LogP contribution in [0.15, 0.2) is 48.8 Å². The maximum absolute atomic E-state index is 12.5. The van der Waals surface area contributed by atoms with Gasteiger partial charge in [0.1, 0.15) is 17.8 Å². The van der Waals surface area contributed by atoms with Crippen molar-refractivity contribution in [1.82, 2.24) is 20.2 Å². The van der Waals surface area contributed by atoms with Gasteiger partial charge in [0, 0.05) is 16.8 Å². The predicted octanol–water partition coefficient (Wildman–Crippen LogP) is 2.13. The van der Waals surface area contributed by atoms with Crippen molar-refractivity contribution in [2.45, 2.75) is 6.92 Å². The molecule has 2 aromatic carbocycles. The second-order valence-electron chi connectivity index (χ2n) is 5.23. The van der Waals surface area contributed by atoms with Gasteiger partial charge >= 0.3 is 0 Å². The van der Waals surface area contributed by atoms with Crippen LogP contribution in [0, 0.1) is 0 Å². The van der Waals surface area contributed by atoms with Gasteiger partial charge in [0.05, 0.1) is 7.11 Å². The number of methoxy groups -OCH3 is 1. The third-order valence-electron chi connectivity index (χ3n) is 3.56. The first-order valence-electron chi connectivity index (χ1n) is 7.42. The summed E-state index contributed by atoms with van der Waals surface area (Å²) in [6.45, 7) is 1.48. The Bertz CT molecular complexity index is 922. The number of nitrogens with one attached hydrogen (secondary N) is 1. The van der Waals surface area contributed by atoms with Gasteiger partial charge in [-0.25, -0.2) is 0 Å². The molecule has 8 heteroatoms. The van der Waals surface area contributed by atoms with E-state index in [1.165, 1.54) is 25.0 Å². The maximum atomic E-state index is 12.5. The topological polar surface area (TPSA) is 99.0 Å². The van der Waals surface area contributed by atoms with E-state index in [1.807, 2.05) is 0 Å². The minimum atomic E-state index is -0.317. The average Bonchev–Trinajstić information content (AvgIpc) is 3.15. The molecule has 0 spiro atoms. The molecule has 0 aliphatic rings. The zero-order valence-electron chi connectivity index (χ0n) is 13.6. The number of carbonyl (C=O) groups excluding carboxylic acids is 2. The van der Waals surface area contributed by atoms with Crippen molar-refractivity contribution in [3.63, 3.8) is 0 Å². The first-order valence-corrected chi connectivity index (χ1v) is 7.42. The molecule has 126 valence electrons. The largest absolute Gasteiger partial charge is 0.494 e. The molecular formula is C17H15N5O3. The number of Topliss-reactive ketones (excluding diaryl/α,β-unsaturated/α-hetero) is 1. The number of anilines is 1. The molecule has 0 saturated carbocycles. The van der Waals surface area contributed by atoms with E-state index in [2.05, 4.69) is 20.8 Å². The van der Waals surface area contributed by atoms with Crippen molar-refractivity contribution in [2.24, 2.45) is 0 Å². The van der Waals surface area contributed by atoms with E-state index in [9.17, 15) is 9.59 Å². The number of carbonyl (C=O) groups is 2. The van der Waals surface area contributed by atoms with Crippen LogP contribution in [0.1, 0.15) is 27.6 Å². The highest BCUT2D eigenvalue weighted by Gasteiger charge is 2.13. The third kappa shape index (κ3) is 3.52. The van der Waals surface area contributed by atoms with E-state index in [0.717, 1.165) is 0 Å². The lowest BCUT2D eigenvalue weighted by atomic mass is 10.1. The first kappa shape index (κ1) is 16.3. The van der Waals surface area contributed by atoms with Crippen molar-refractivity contribution in [3.8, 4) is 11.4 Å². The Labute approximate surface area is 143 Å². The Hall–Kier alpha value is -3.55. The number of benzene rings is 2. The number of aromatic nitrogens is 4. The molecule has 0 unspecified atom stereocenters. The number of hydrogen-bond acceptors (Lipinski definition) is 6. The lowest BCUT2D eigenvalue weighted by Crippen LogP contribution is -2.13. The number of amides is 1. The Morgan fingerprint density at radius 1 is 1.12 bits per heavy atom. The summed E-state index contributed by atoms with van der Waals surface area (Å²) in [5.74, 6) is 0.0725. The Kier molecular flexibility index (Phi) is 4.51. The third-order valence-corrected chi connectivity index (χ3v) is 3.56. The van der Waals surface area contributed by atoms with Crippen LogP contribution < -0.4 is 10.1 Å². The van der Waals surface area contributed by atoms with Crippen LogP contribution in [0.5, 0.6) is 5.75 Å². The lowest BCUT2D eigenvalue weighted by molar-refractivity contribution is 0.101. The van der Waals surface area contributed by atoms with Crippen LogP contribution >= 0.6 is 0 Å². The van der Waals surface area contributed by atoms with Crippen LogP contribution in [0.4, 0.5) is 5.69 Å². The first-order chi connectivity index (χ1) is 12.1.